The van der Waals surface area contributed by atoms with Crippen LogP contribution in [0.25, 0.3) is 0 Å². The quantitative estimate of drug-likeness (QED) is 0.278. The largest absolute Gasteiger partial charge is 0.478 e. The smallest absolute Gasteiger partial charge is 0.347 e. The molecular formula is C29H41NO4. The number of carboxylic acid groups (broad SMARTS) is 1. The first-order chi connectivity index (χ1) is 16.2. The van der Waals surface area contributed by atoms with Gasteiger partial charge in [-0.25, -0.2) is 4.79 Å². The van der Waals surface area contributed by atoms with Crippen molar-refractivity contribution in [2.24, 2.45) is 5.73 Å². The Balaban J connectivity index is 2.23. The maximum atomic E-state index is 13.5. The molecule has 186 valence electrons. The van der Waals surface area contributed by atoms with Gasteiger partial charge in [0.15, 0.2) is 5.78 Å². The average Bonchev–Trinajstić information content (AvgIpc) is 2.85. The zero-order valence-electron chi connectivity index (χ0n) is 21.0. The van der Waals surface area contributed by atoms with Gasteiger partial charge in [0, 0.05) is 6.42 Å². The molecule has 2 atom stereocenters. The third-order valence-electron chi connectivity index (χ3n) is 6.73. The Bertz CT molecular complexity index is 913. The number of rotatable bonds is 16. The van der Waals surface area contributed by atoms with E-state index in [9.17, 15) is 14.7 Å². The van der Waals surface area contributed by atoms with E-state index < -0.39 is 17.1 Å². The van der Waals surface area contributed by atoms with Gasteiger partial charge < -0.3 is 15.6 Å². The molecule has 2 rings (SSSR count). The van der Waals surface area contributed by atoms with Crippen LogP contribution >= 0.6 is 0 Å². The molecule has 0 fully saturated rings. The van der Waals surface area contributed by atoms with Crippen LogP contribution in [-0.4, -0.2) is 22.5 Å². The SMILES string of the molecule is CCCCCCCCC(N)(C(=O)CCc1ccccc1)c1cccc(OC(C)(CC)C(=O)O)c1. The Morgan fingerprint density at radius 1 is 0.941 bits per heavy atom. The summed E-state index contributed by atoms with van der Waals surface area (Å²) >= 11 is 0. The number of ether oxygens (including phenoxy) is 1. The summed E-state index contributed by atoms with van der Waals surface area (Å²) in [5, 5.41) is 9.59. The number of aliphatic carboxylic acids is 1. The zero-order valence-corrected chi connectivity index (χ0v) is 21.0. The van der Waals surface area contributed by atoms with Crippen LogP contribution in [0.1, 0.15) is 89.7 Å². The molecule has 0 aliphatic rings. The van der Waals surface area contributed by atoms with Crippen LogP contribution in [0.4, 0.5) is 0 Å². The maximum absolute atomic E-state index is 13.5. The van der Waals surface area contributed by atoms with Crippen LogP contribution in [0.5, 0.6) is 5.75 Å². The first kappa shape index (κ1) is 27.6. The number of hydrogen-bond donors (Lipinski definition) is 2. The molecule has 2 aromatic carbocycles. The Kier molecular flexibility index (Phi) is 10.8. The standard InChI is InChI=1S/C29H41NO4/c1-4-6-7-8-9-13-21-29(30,26(31)20-19-23-15-11-10-12-16-23)24-17-14-18-25(22-24)34-28(3,5-2)27(32)33/h10-12,14-18,22H,4-9,13,19-21,30H2,1-3H3,(H,32,33). The molecule has 0 radical (unpaired) electrons. The number of carboxylic acids is 1. The normalized spacial score (nSPS) is 14.7. The molecule has 0 amide bonds. The number of ketones is 1. The summed E-state index contributed by atoms with van der Waals surface area (Å²) in [7, 11) is 0. The van der Waals surface area contributed by atoms with Crippen LogP contribution in [0.2, 0.25) is 0 Å². The summed E-state index contributed by atoms with van der Waals surface area (Å²) < 4.78 is 5.86. The average molecular weight is 468 g/mol. The maximum Gasteiger partial charge on any atom is 0.347 e. The van der Waals surface area contributed by atoms with E-state index in [0.29, 0.717) is 37.0 Å². The first-order valence-corrected chi connectivity index (χ1v) is 12.6. The third kappa shape index (κ3) is 7.69. The fraction of sp³-hybridized carbons (Fsp3) is 0.517. The number of unbranched alkanes of at least 4 members (excludes halogenated alkanes) is 5. The Morgan fingerprint density at radius 3 is 2.26 bits per heavy atom. The molecule has 5 heteroatoms. The van der Waals surface area contributed by atoms with Crippen molar-refractivity contribution in [3.8, 4) is 5.75 Å². The summed E-state index contributed by atoms with van der Waals surface area (Å²) in [6.07, 6.45) is 8.51. The van der Waals surface area contributed by atoms with Crippen molar-refractivity contribution in [3.05, 3.63) is 65.7 Å². The van der Waals surface area contributed by atoms with Gasteiger partial charge >= 0.3 is 5.97 Å². The minimum atomic E-state index is -1.34. The number of aryl methyl sites for hydroxylation is 1. The predicted molar refractivity (Wildman–Crippen MR) is 137 cm³/mol. The van der Waals surface area contributed by atoms with Gasteiger partial charge in [0.2, 0.25) is 5.60 Å². The minimum absolute atomic E-state index is 0.00134. The summed E-state index contributed by atoms with van der Waals surface area (Å²) in [5.74, 6) is -0.609. The fourth-order valence-electron chi connectivity index (χ4n) is 4.12. The van der Waals surface area contributed by atoms with Crippen LogP contribution in [0.15, 0.2) is 54.6 Å². The van der Waals surface area contributed by atoms with Crippen LogP contribution in [0.3, 0.4) is 0 Å². The van der Waals surface area contributed by atoms with E-state index in [-0.39, 0.29) is 5.78 Å². The Hall–Kier alpha value is -2.66. The van der Waals surface area contributed by atoms with E-state index in [1.54, 1.807) is 32.0 Å². The lowest BCUT2D eigenvalue weighted by Crippen LogP contribution is -2.45. The van der Waals surface area contributed by atoms with E-state index in [4.69, 9.17) is 10.5 Å². The number of benzene rings is 2. The molecule has 0 heterocycles. The Labute approximate surface area is 204 Å². The molecule has 0 saturated heterocycles. The lowest BCUT2D eigenvalue weighted by Gasteiger charge is -2.30. The van der Waals surface area contributed by atoms with E-state index in [0.717, 1.165) is 24.8 Å². The molecule has 3 N–H and O–H groups in total. The van der Waals surface area contributed by atoms with Crippen molar-refractivity contribution in [3.63, 3.8) is 0 Å². The van der Waals surface area contributed by atoms with Crippen molar-refractivity contribution >= 4 is 11.8 Å². The highest BCUT2D eigenvalue weighted by Crippen LogP contribution is 2.32. The molecule has 0 aromatic heterocycles. The Morgan fingerprint density at radius 2 is 1.62 bits per heavy atom. The van der Waals surface area contributed by atoms with E-state index in [2.05, 4.69) is 6.92 Å². The molecule has 0 bridgehead atoms. The van der Waals surface area contributed by atoms with Gasteiger partial charge in [-0.05, 0) is 49.4 Å². The van der Waals surface area contributed by atoms with Crippen molar-refractivity contribution in [1.82, 2.24) is 0 Å². The summed E-state index contributed by atoms with van der Waals surface area (Å²) in [6.45, 7) is 5.52. The van der Waals surface area contributed by atoms with Crippen molar-refractivity contribution in [2.75, 3.05) is 0 Å². The topological polar surface area (TPSA) is 89.6 Å². The lowest BCUT2D eigenvalue weighted by atomic mass is 9.80. The number of carbonyl (C=O) groups is 2. The van der Waals surface area contributed by atoms with Gasteiger partial charge in [0.25, 0.3) is 0 Å². The molecule has 0 spiro atoms. The molecule has 0 aliphatic heterocycles. The second kappa shape index (κ2) is 13.3. The van der Waals surface area contributed by atoms with Gasteiger partial charge in [-0.3, -0.25) is 4.79 Å². The number of carbonyl (C=O) groups excluding carboxylic acids is 1. The van der Waals surface area contributed by atoms with Gasteiger partial charge in [-0.15, -0.1) is 0 Å². The zero-order chi connectivity index (χ0) is 25.0. The summed E-state index contributed by atoms with van der Waals surface area (Å²) in [6, 6.07) is 17.1. The molecule has 2 unspecified atom stereocenters. The van der Waals surface area contributed by atoms with Gasteiger partial charge in [0.05, 0.1) is 0 Å². The third-order valence-corrected chi connectivity index (χ3v) is 6.73. The lowest BCUT2D eigenvalue weighted by molar-refractivity contribution is -0.154. The van der Waals surface area contributed by atoms with Crippen LogP contribution in [-0.2, 0) is 21.5 Å². The van der Waals surface area contributed by atoms with Gasteiger partial charge in [-0.2, -0.15) is 0 Å². The molecule has 0 aliphatic carbocycles. The van der Waals surface area contributed by atoms with Crippen molar-refractivity contribution in [1.29, 1.82) is 0 Å². The monoisotopic (exact) mass is 467 g/mol. The van der Waals surface area contributed by atoms with E-state index in [1.165, 1.54) is 19.3 Å². The molecular weight excluding hydrogens is 426 g/mol. The number of Topliss-reactive ketones (excluding diaryl/α,β-unsaturated/α-hetero) is 1. The molecule has 5 nitrogen and oxygen atoms in total. The molecule has 2 aromatic rings. The van der Waals surface area contributed by atoms with Gasteiger partial charge in [0.1, 0.15) is 11.3 Å². The van der Waals surface area contributed by atoms with Gasteiger partial charge in [-0.1, -0.05) is 94.8 Å². The van der Waals surface area contributed by atoms with Crippen LogP contribution < -0.4 is 10.5 Å². The second-order valence-corrected chi connectivity index (χ2v) is 9.42. The summed E-state index contributed by atoms with van der Waals surface area (Å²) in [4.78, 5) is 25.2. The fourth-order valence-corrected chi connectivity index (χ4v) is 4.12. The van der Waals surface area contributed by atoms with E-state index in [1.807, 2.05) is 36.4 Å². The minimum Gasteiger partial charge on any atom is -0.478 e. The number of hydrogen-bond acceptors (Lipinski definition) is 4. The highest BCUT2D eigenvalue weighted by molar-refractivity contribution is 5.89. The first-order valence-electron chi connectivity index (χ1n) is 12.6. The second-order valence-electron chi connectivity index (χ2n) is 9.42. The molecule has 34 heavy (non-hydrogen) atoms. The van der Waals surface area contributed by atoms with Crippen molar-refractivity contribution < 1.29 is 19.4 Å². The predicted octanol–water partition coefficient (Wildman–Crippen LogP) is 6.43. The highest BCUT2D eigenvalue weighted by Gasteiger charge is 2.37. The van der Waals surface area contributed by atoms with E-state index >= 15 is 0 Å². The molecule has 0 saturated carbocycles. The highest BCUT2D eigenvalue weighted by atomic mass is 16.5. The summed E-state index contributed by atoms with van der Waals surface area (Å²) in [5.41, 5.74) is 6.18. The van der Waals surface area contributed by atoms with Crippen molar-refractivity contribution in [2.45, 2.75) is 96.1 Å². The number of nitrogens with two attached hydrogens (primary N) is 1. The van der Waals surface area contributed by atoms with Crippen LogP contribution in [0, 0.1) is 0 Å².